The molecule has 2 aromatic rings. The highest BCUT2D eigenvalue weighted by Crippen LogP contribution is 2.31. The minimum atomic E-state index is -1.11. The minimum Gasteiger partial charge on any atom is -0.496 e. The zero-order valence-electron chi connectivity index (χ0n) is 11.6. The van der Waals surface area contributed by atoms with Crippen LogP contribution in [0.3, 0.4) is 0 Å². The Hall–Kier alpha value is -2.82. The molecular weight excluding hydrogens is 272 g/mol. The molecule has 1 N–H and O–H groups in total. The van der Waals surface area contributed by atoms with E-state index in [9.17, 15) is 14.7 Å². The number of para-hydroxylation sites is 1. The van der Waals surface area contributed by atoms with Gasteiger partial charge in [-0.15, -0.1) is 0 Å². The summed E-state index contributed by atoms with van der Waals surface area (Å²) in [6, 6.07) is 11.5. The van der Waals surface area contributed by atoms with Gasteiger partial charge in [0.25, 0.3) is 0 Å². The van der Waals surface area contributed by atoms with Gasteiger partial charge in [0.1, 0.15) is 5.75 Å². The summed E-state index contributed by atoms with van der Waals surface area (Å²) in [7, 11) is 2.78. The Morgan fingerprint density at radius 2 is 1.67 bits per heavy atom. The Kier molecular flexibility index (Phi) is 4.23. The van der Waals surface area contributed by atoms with Crippen LogP contribution < -0.4 is 4.74 Å². The lowest BCUT2D eigenvalue weighted by Gasteiger charge is -2.10. The summed E-state index contributed by atoms with van der Waals surface area (Å²) >= 11 is 0. The average Bonchev–Trinajstić information content (AvgIpc) is 2.53. The minimum absolute atomic E-state index is 0.0128. The summed E-state index contributed by atoms with van der Waals surface area (Å²) in [6.45, 7) is 0. The van der Waals surface area contributed by atoms with E-state index in [2.05, 4.69) is 4.74 Å². The SMILES string of the molecule is COC(=O)c1cc(C(=O)O)cc(-c2ccccc2OC)c1. The second-order valence-corrected chi connectivity index (χ2v) is 4.30. The van der Waals surface area contributed by atoms with Crippen molar-refractivity contribution in [3.8, 4) is 16.9 Å². The molecule has 0 amide bonds. The molecule has 5 heteroatoms. The molecule has 0 fully saturated rings. The maximum atomic E-state index is 11.7. The van der Waals surface area contributed by atoms with E-state index in [-0.39, 0.29) is 11.1 Å². The smallest absolute Gasteiger partial charge is 0.337 e. The van der Waals surface area contributed by atoms with Crippen molar-refractivity contribution < 1.29 is 24.2 Å². The lowest BCUT2D eigenvalue weighted by molar-refractivity contribution is 0.0601. The maximum absolute atomic E-state index is 11.7. The molecular formula is C16H14O5. The highest BCUT2D eigenvalue weighted by Gasteiger charge is 2.15. The first-order valence-electron chi connectivity index (χ1n) is 6.17. The van der Waals surface area contributed by atoms with Gasteiger partial charge in [-0.1, -0.05) is 18.2 Å². The third-order valence-electron chi connectivity index (χ3n) is 3.02. The Labute approximate surface area is 121 Å². The molecule has 0 aliphatic rings. The topological polar surface area (TPSA) is 72.8 Å². The largest absolute Gasteiger partial charge is 0.496 e. The number of esters is 1. The molecule has 0 bridgehead atoms. The van der Waals surface area contributed by atoms with Gasteiger partial charge in [-0.25, -0.2) is 9.59 Å². The summed E-state index contributed by atoms with van der Waals surface area (Å²) in [5, 5.41) is 9.18. The van der Waals surface area contributed by atoms with Gasteiger partial charge in [-0.2, -0.15) is 0 Å². The summed E-state index contributed by atoms with van der Waals surface area (Å²) in [4.78, 5) is 22.9. The van der Waals surface area contributed by atoms with E-state index in [0.717, 1.165) is 0 Å². The van der Waals surface area contributed by atoms with E-state index >= 15 is 0 Å². The van der Waals surface area contributed by atoms with E-state index in [4.69, 9.17) is 4.74 Å². The van der Waals surface area contributed by atoms with E-state index in [1.807, 2.05) is 12.1 Å². The fourth-order valence-electron chi connectivity index (χ4n) is 2.03. The first kappa shape index (κ1) is 14.6. The molecule has 0 saturated heterocycles. The summed E-state index contributed by atoms with van der Waals surface area (Å²) < 4.78 is 9.92. The van der Waals surface area contributed by atoms with Gasteiger partial charge in [0, 0.05) is 5.56 Å². The van der Waals surface area contributed by atoms with Gasteiger partial charge in [-0.05, 0) is 29.8 Å². The third-order valence-corrected chi connectivity index (χ3v) is 3.02. The van der Waals surface area contributed by atoms with Crippen molar-refractivity contribution in [1.29, 1.82) is 0 Å². The fraction of sp³-hybridized carbons (Fsp3) is 0.125. The molecule has 0 spiro atoms. The standard InChI is InChI=1S/C16H14O5/c1-20-14-6-4-3-5-13(14)10-7-11(15(17)18)9-12(8-10)16(19)21-2/h3-9H,1-2H3,(H,17,18). The predicted octanol–water partition coefficient (Wildman–Crippen LogP) is 2.85. The molecule has 21 heavy (non-hydrogen) atoms. The van der Waals surface area contributed by atoms with Crippen molar-refractivity contribution in [2.45, 2.75) is 0 Å². The van der Waals surface area contributed by atoms with E-state index < -0.39 is 11.9 Å². The summed E-state index contributed by atoms with van der Waals surface area (Å²) in [5.74, 6) is -1.11. The number of methoxy groups -OCH3 is 2. The number of carboxylic acids is 1. The van der Waals surface area contributed by atoms with Crippen LogP contribution in [0, 0.1) is 0 Å². The van der Waals surface area contributed by atoms with Crippen molar-refractivity contribution in [1.82, 2.24) is 0 Å². The average molecular weight is 286 g/mol. The molecule has 0 aliphatic carbocycles. The van der Waals surface area contributed by atoms with Gasteiger partial charge in [0.2, 0.25) is 0 Å². The van der Waals surface area contributed by atoms with Crippen LogP contribution in [0.25, 0.3) is 11.1 Å². The molecule has 108 valence electrons. The van der Waals surface area contributed by atoms with Crippen LogP contribution in [0.15, 0.2) is 42.5 Å². The molecule has 0 atom stereocenters. The number of hydrogen-bond donors (Lipinski definition) is 1. The van der Waals surface area contributed by atoms with E-state index in [1.54, 1.807) is 18.2 Å². The fourth-order valence-corrected chi connectivity index (χ4v) is 2.03. The van der Waals surface area contributed by atoms with Gasteiger partial charge >= 0.3 is 11.9 Å². The monoisotopic (exact) mass is 286 g/mol. The van der Waals surface area contributed by atoms with Crippen LogP contribution in [0.1, 0.15) is 20.7 Å². The molecule has 0 unspecified atom stereocenters. The Bertz CT molecular complexity index is 691. The van der Waals surface area contributed by atoms with Crippen molar-refractivity contribution >= 4 is 11.9 Å². The number of carboxylic acid groups (broad SMARTS) is 1. The number of carbonyl (C=O) groups is 2. The van der Waals surface area contributed by atoms with Gasteiger partial charge < -0.3 is 14.6 Å². The number of benzene rings is 2. The van der Waals surface area contributed by atoms with Crippen LogP contribution in [0.5, 0.6) is 5.75 Å². The molecule has 5 nitrogen and oxygen atoms in total. The van der Waals surface area contributed by atoms with Crippen LogP contribution in [-0.2, 0) is 4.74 Å². The van der Waals surface area contributed by atoms with Crippen LogP contribution in [0.2, 0.25) is 0 Å². The Balaban J connectivity index is 2.65. The number of aromatic carboxylic acids is 1. The number of hydrogen-bond acceptors (Lipinski definition) is 4. The number of ether oxygens (including phenoxy) is 2. The van der Waals surface area contributed by atoms with Crippen molar-refractivity contribution in [2.24, 2.45) is 0 Å². The van der Waals surface area contributed by atoms with E-state index in [1.165, 1.54) is 26.4 Å². The third kappa shape index (κ3) is 3.02. The second kappa shape index (κ2) is 6.09. The van der Waals surface area contributed by atoms with Crippen LogP contribution >= 0.6 is 0 Å². The van der Waals surface area contributed by atoms with Crippen molar-refractivity contribution in [3.05, 3.63) is 53.6 Å². The molecule has 0 heterocycles. The maximum Gasteiger partial charge on any atom is 0.337 e. The number of rotatable bonds is 4. The molecule has 2 aromatic carbocycles. The Morgan fingerprint density at radius 3 is 2.29 bits per heavy atom. The van der Waals surface area contributed by atoms with Crippen LogP contribution in [-0.4, -0.2) is 31.3 Å². The highest BCUT2D eigenvalue weighted by molar-refractivity contribution is 5.97. The van der Waals surface area contributed by atoms with Crippen molar-refractivity contribution in [3.63, 3.8) is 0 Å². The normalized spacial score (nSPS) is 10.0. The zero-order chi connectivity index (χ0) is 15.4. The van der Waals surface area contributed by atoms with E-state index in [0.29, 0.717) is 16.9 Å². The summed E-state index contributed by atoms with van der Waals surface area (Å²) in [6.07, 6.45) is 0. The van der Waals surface area contributed by atoms with Crippen LogP contribution in [0.4, 0.5) is 0 Å². The molecule has 2 rings (SSSR count). The van der Waals surface area contributed by atoms with Crippen molar-refractivity contribution in [2.75, 3.05) is 14.2 Å². The summed E-state index contributed by atoms with van der Waals surface area (Å²) in [5.41, 5.74) is 1.47. The van der Waals surface area contributed by atoms with Gasteiger partial charge in [0.05, 0.1) is 25.3 Å². The molecule has 0 aromatic heterocycles. The highest BCUT2D eigenvalue weighted by atomic mass is 16.5. The second-order valence-electron chi connectivity index (χ2n) is 4.30. The molecule has 0 saturated carbocycles. The molecule has 0 radical (unpaired) electrons. The first-order valence-corrected chi connectivity index (χ1v) is 6.17. The van der Waals surface area contributed by atoms with Gasteiger partial charge in [-0.3, -0.25) is 0 Å². The molecule has 0 aliphatic heterocycles. The van der Waals surface area contributed by atoms with Gasteiger partial charge in [0.15, 0.2) is 0 Å². The Morgan fingerprint density at radius 1 is 1.00 bits per heavy atom. The first-order chi connectivity index (χ1) is 10.1. The lowest BCUT2D eigenvalue weighted by Crippen LogP contribution is -2.05. The lowest BCUT2D eigenvalue weighted by atomic mass is 9.99. The predicted molar refractivity (Wildman–Crippen MR) is 76.7 cm³/mol. The number of carbonyl (C=O) groups excluding carboxylic acids is 1. The zero-order valence-corrected chi connectivity index (χ0v) is 11.6. The quantitative estimate of drug-likeness (QED) is 0.875.